The summed E-state index contributed by atoms with van der Waals surface area (Å²) in [5.41, 5.74) is 0.757. The number of anilines is 1. The highest BCUT2D eigenvalue weighted by molar-refractivity contribution is 9.10. The molecule has 0 unspecified atom stereocenters. The van der Waals surface area contributed by atoms with Gasteiger partial charge in [0.05, 0.1) is 4.47 Å². The van der Waals surface area contributed by atoms with Gasteiger partial charge in [-0.25, -0.2) is 9.02 Å². The maximum Gasteiger partial charge on any atom is 0.202 e. The molecule has 1 aromatic heterocycles. The second-order valence-corrected chi connectivity index (χ2v) is 6.34. The number of oxime groups is 1. The maximum atomic E-state index is 13.2. The van der Waals surface area contributed by atoms with Crippen molar-refractivity contribution in [2.24, 2.45) is 5.16 Å². The number of nitrogens with zero attached hydrogens (tertiary/aromatic N) is 3. The molecule has 0 aliphatic heterocycles. The number of aliphatic hydroxyl groups excluding tert-OH is 1. The maximum absolute atomic E-state index is 13.2. The number of unbranched alkanes of at least 4 members (excludes halogenated alkanes) is 1. The van der Waals surface area contributed by atoms with E-state index in [1.807, 2.05) is 0 Å². The second kappa shape index (κ2) is 8.85. The summed E-state index contributed by atoms with van der Waals surface area (Å²) in [6.45, 7) is 0.134. The molecule has 1 aromatic carbocycles. The van der Waals surface area contributed by atoms with E-state index in [9.17, 15) is 9.60 Å². The van der Waals surface area contributed by atoms with Gasteiger partial charge in [-0.1, -0.05) is 5.16 Å². The number of rotatable bonds is 7. The predicted octanol–water partition coefficient (Wildman–Crippen LogP) is 3.08. The Morgan fingerprint density at radius 1 is 1.39 bits per heavy atom. The van der Waals surface area contributed by atoms with E-state index in [2.05, 4.69) is 36.7 Å². The zero-order chi connectivity index (χ0) is 16.7. The van der Waals surface area contributed by atoms with Crippen LogP contribution in [0.2, 0.25) is 0 Å². The van der Waals surface area contributed by atoms with E-state index in [4.69, 9.17) is 9.74 Å². The van der Waals surface area contributed by atoms with Crippen LogP contribution in [-0.2, 0) is 0 Å². The lowest BCUT2D eigenvalue weighted by molar-refractivity contribution is 0.287. The summed E-state index contributed by atoms with van der Waals surface area (Å²) < 4.78 is 18.2. The number of aliphatic hydroxyl groups is 1. The van der Waals surface area contributed by atoms with E-state index in [1.165, 1.54) is 30.0 Å². The molecule has 0 aliphatic rings. The van der Waals surface area contributed by atoms with Crippen LogP contribution in [0.4, 0.5) is 10.1 Å². The van der Waals surface area contributed by atoms with Gasteiger partial charge in [0.1, 0.15) is 5.82 Å². The summed E-state index contributed by atoms with van der Waals surface area (Å²) in [4.78, 5) is 0. The average Bonchev–Trinajstić information content (AvgIpc) is 3.01. The SMILES string of the molecule is OCCCCSc1nonc1/C(=N/O)Nc1ccc(F)c(Br)c1. The van der Waals surface area contributed by atoms with Crippen LogP contribution in [0.5, 0.6) is 0 Å². The molecule has 23 heavy (non-hydrogen) atoms. The number of hydrogen-bond donors (Lipinski definition) is 3. The van der Waals surface area contributed by atoms with Crippen LogP contribution in [0.15, 0.2) is 37.5 Å². The Hall–Kier alpha value is -1.65. The van der Waals surface area contributed by atoms with E-state index < -0.39 is 5.82 Å². The Kier molecular flexibility index (Phi) is 6.81. The lowest BCUT2D eigenvalue weighted by Crippen LogP contribution is -2.15. The first kappa shape index (κ1) is 17.7. The zero-order valence-electron chi connectivity index (χ0n) is 11.9. The minimum Gasteiger partial charge on any atom is -0.409 e. The van der Waals surface area contributed by atoms with Gasteiger partial charge in [-0.3, -0.25) is 0 Å². The molecule has 124 valence electrons. The molecule has 0 fully saturated rings. The van der Waals surface area contributed by atoms with Crippen molar-refractivity contribution in [2.45, 2.75) is 17.9 Å². The van der Waals surface area contributed by atoms with Gasteiger partial charge in [0.25, 0.3) is 0 Å². The van der Waals surface area contributed by atoms with Crippen LogP contribution in [-0.4, -0.2) is 38.8 Å². The fourth-order valence-corrected chi connectivity index (χ4v) is 2.92. The lowest BCUT2D eigenvalue weighted by Gasteiger charge is -2.07. The quantitative estimate of drug-likeness (QED) is 0.162. The van der Waals surface area contributed by atoms with E-state index in [1.54, 1.807) is 0 Å². The minimum absolute atomic E-state index is 0.0365. The fraction of sp³-hybridized carbons (Fsp3) is 0.308. The molecular formula is C13H14BrFN4O3S. The highest BCUT2D eigenvalue weighted by Crippen LogP contribution is 2.23. The van der Waals surface area contributed by atoms with Crippen LogP contribution < -0.4 is 5.32 Å². The van der Waals surface area contributed by atoms with Crippen molar-refractivity contribution in [1.82, 2.24) is 10.3 Å². The summed E-state index contributed by atoms with van der Waals surface area (Å²) in [5.74, 6) is 0.346. The first-order valence-corrected chi connectivity index (χ1v) is 8.44. The van der Waals surface area contributed by atoms with Gasteiger partial charge >= 0.3 is 0 Å². The number of nitrogens with one attached hydrogen (secondary N) is 1. The third-order valence-electron chi connectivity index (χ3n) is 2.76. The summed E-state index contributed by atoms with van der Waals surface area (Å²) in [6, 6.07) is 4.27. The first-order valence-electron chi connectivity index (χ1n) is 6.66. The van der Waals surface area contributed by atoms with E-state index in [-0.39, 0.29) is 22.6 Å². The lowest BCUT2D eigenvalue weighted by atomic mass is 10.3. The Morgan fingerprint density at radius 2 is 2.22 bits per heavy atom. The van der Waals surface area contributed by atoms with Crippen molar-refractivity contribution in [3.63, 3.8) is 0 Å². The summed E-state index contributed by atoms with van der Waals surface area (Å²) in [5, 5.41) is 31.9. The Morgan fingerprint density at radius 3 is 2.91 bits per heavy atom. The van der Waals surface area contributed by atoms with Gasteiger partial charge in [0.2, 0.25) is 5.84 Å². The Labute approximate surface area is 144 Å². The first-order chi connectivity index (χ1) is 11.2. The number of halogens is 2. The molecule has 0 saturated heterocycles. The highest BCUT2D eigenvalue weighted by Gasteiger charge is 2.18. The standard InChI is InChI=1S/C13H14BrFN4O3S/c14-9-7-8(3-4-10(9)15)16-12(17-21)11-13(19-22-18-11)23-6-2-1-5-20/h3-4,7,20-21H,1-2,5-6H2,(H,16,17). The van der Waals surface area contributed by atoms with E-state index in [0.717, 1.165) is 6.42 Å². The topological polar surface area (TPSA) is 104 Å². The largest absolute Gasteiger partial charge is 0.409 e. The summed E-state index contributed by atoms with van der Waals surface area (Å²) >= 11 is 4.46. The van der Waals surface area contributed by atoms with Gasteiger partial charge < -0.3 is 15.6 Å². The minimum atomic E-state index is -0.402. The van der Waals surface area contributed by atoms with Gasteiger partial charge in [-0.05, 0) is 63.0 Å². The van der Waals surface area contributed by atoms with Crippen molar-refractivity contribution in [3.05, 3.63) is 34.2 Å². The Balaban J connectivity index is 2.09. The monoisotopic (exact) mass is 404 g/mol. The molecule has 7 nitrogen and oxygen atoms in total. The molecule has 2 rings (SSSR count). The highest BCUT2D eigenvalue weighted by atomic mass is 79.9. The van der Waals surface area contributed by atoms with Crippen molar-refractivity contribution in [3.8, 4) is 0 Å². The van der Waals surface area contributed by atoms with E-state index >= 15 is 0 Å². The molecular weight excluding hydrogens is 391 g/mol. The van der Waals surface area contributed by atoms with Gasteiger partial charge in [-0.2, -0.15) is 0 Å². The molecule has 0 atom stereocenters. The average molecular weight is 405 g/mol. The normalized spacial score (nSPS) is 11.7. The van der Waals surface area contributed by atoms with Crippen molar-refractivity contribution < 1.29 is 19.3 Å². The van der Waals surface area contributed by atoms with Crippen LogP contribution >= 0.6 is 27.7 Å². The van der Waals surface area contributed by atoms with Crippen molar-refractivity contribution >= 4 is 39.2 Å². The molecule has 0 aliphatic carbocycles. The number of benzene rings is 1. The van der Waals surface area contributed by atoms with E-state index in [0.29, 0.717) is 22.9 Å². The molecule has 0 amide bonds. The fourth-order valence-electron chi connectivity index (χ4n) is 1.64. The summed E-state index contributed by atoms with van der Waals surface area (Å²) in [7, 11) is 0. The molecule has 1 heterocycles. The molecule has 10 heteroatoms. The van der Waals surface area contributed by atoms with Gasteiger partial charge in [-0.15, -0.1) is 11.8 Å². The van der Waals surface area contributed by atoms with Crippen LogP contribution in [0.25, 0.3) is 0 Å². The van der Waals surface area contributed by atoms with Crippen LogP contribution in [0.1, 0.15) is 18.5 Å². The second-order valence-electron chi connectivity index (χ2n) is 4.40. The molecule has 3 N–H and O–H groups in total. The number of thioether (sulfide) groups is 1. The molecule has 0 saturated carbocycles. The number of aromatic nitrogens is 2. The van der Waals surface area contributed by atoms with Crippen molar-refractivity contribution in [2.75, 3.05) is 17.7 Å². The molecule has 0 bridgehead atoms. The van der Waals surface area contributed by atoms with Gasteiger partial charge in [0.15, 0.2) is 10.7 Å². The van der Waals surface area contributed by atoms with Crippen LogP contribution in [0, 0.1) is 5.82 Å². The molecule has 0 radical (unpaired) electrons. The zero-order valence-corrected chi connectivity index (χ0v) is 14.3. The molecule has 0 spiro atoms. The smallest absolute Gasteiger partial charge is 0.202 e. The summed E-state index contributed by atoms with van der Waals surface area (Å²) in [6.07, 6.45) is 1.49. The van der Waals surface area contributed by atoms with Gasteiger partial charge in [0, 0.05) is 12.3 Å². The van der Waals surface area contributed by atoms with Crippen molar-refractivity contribution in [1.29, 1.82) is 0 Å². The van der Waals surface area contributed by atoms with Crippen LogP contribution in [0.3, 0.4) is 0 Å². The third-order valence-corrected chi connectivity index (χ3v) is 4.40. The predicted molar refractivity (Wildman–Crippen MR) is 87.4 cm³/mol. The number of amidine groups is 1. The number of hydrogen-bond acceptors (Lipinski definition) is 7. The third kappa shape index (κ3) is 4.91. The molecule has 2 aromatic rings. The Bertz CT molecular complexity index is 683.